The predicted molar refractivity (Wildman–Crippen MR) is 80.8 cm³/mol. The summed E-state index contributed by atoms with van der Waals surface area (Å²) in [4.78, 5) is 3.90. The molecular weight excluding hydrogens is 317 g/mol. The first-order chi connectivity index (χ1) is 9.86. The third-order valence-electron chi connectivity index (χ3n) is 2.90. The zero-order valence-electron chi connectivity index (χ0n) is 11.3. The first-order valence-electron chi connectivity index (χ1n) is 5.94. The molecule has 2 rings (SSSR count). The van der Waals surface area contributed by atoms with Crippen molar-refractivity contribution in [3.63, 3.8) is 0 Å². The number of nitrogens with zero attached hydrogens (tertiary/aromatic N) is 2. The van der Waals surface area contributed by atoms with Crippen LogP contribution in [0.5, 0.6) is 0 Å². The fourth-order valence-corrected chi connectivity index (χ4v) is 3.19. The Hall–Kier alpha value is -1.86. The van der Waals surface area contributed by atoms with Gasteiger partial charge in [0.15, 0.2) is 0 Å². The largest absolute Gasteiger partial charge is 0.372 e. The molecule has 0 aliphatic rings. The van der Waals surface area contributed by atoms with Gasteiger partial charge >= 0.3 is 0 Å². The van der Waals surface area contributed by atoms with Crippen LogP contribution in [-0.2, 0) is 10.0 Å². The SMILES string of the molecule is CNc1ncc(S(=O)(=O)N(C)c2ccc(F)cc2)cc1Cl. The second kappa shape index (κ2) is 5.87. The second-order valence-electron chi connectivity index (χ2n) is 4.20. The number of anilines is 2. The average Bonchev–Trinajstić information content (AvgIpc) is 2.47. The molecule has 0 radical (unpaired) electrons. The van der Waals surface area contributed by atoms with Gasteiger partial charge in [0.25, 0.3) is 10.0 Å². The fourth-order valence-electron chi connectivity index (χ4n) is 1.69. The Bertz CT molecular complexity index is 751. The van der Waals surface area contributed by atoms with Gasteiger partial charge in [0, 0.05) is 20.3 Å². The molecule has 1 N–H and O–H groups in total. The van der Waals surface area contributed by atoms with Crippen LogP contribution in [0.15, 0.2) is 41.4 Å². The molecule has 1 aromatic heterocycles. The Morgan fingerprint density at radius 1 is 1.29 bits per heavy atom. The van der Waals surface area contributed by atoms with Crippen LogP contribution in [0.2, 0.25) is 5.02 Å². The molecule has 1 aromatic carbocycles. The summed E-state index contributed by atoms with van der Waals surface area (Å²) >= 11 is 5.95. The van der Waals surface area contributed by atoms with Crippen molar-refractivity contribution in [2.75, 3.05) is 23.7 Å². The summed E-state index contributed by atoms with van der Waals surface area (Å²) < 4.78 is 38.9. The van der Waals surface area contributed by atoms with E-state index >= 15 is 0 Å². The minimum Gasteiger partial charge on any atom is -0.372 e. The summed E-state index contributed by atoms with van der Waals surface area (Å²) in [5.41, 5.74) is 0.338. The lowest BCUT2D eigenvalue weighted by Gasteiger charge is -2.19. The molecule has 0 saturated carbocycles. The molecular formula is C13H13ClFN3O2S. The lowest BCUT2D eigenvalue weighted by molar-refractivity contribution is 0.593. The van der Waals surface area contributed by atoms with Gasteiger partial charge in [0.2, 0.25) is 0 Å². The number of hydrogen-bond acceptors (Lipinski definition) is 4. The molecule has 5 nitrogen and oxygen atoms in total. The standard InChI is InChI=1S/C13H13ClFN3O2S/c1-16-13-12(14)7-11(8-17-13)21(19,20)18(2)10-5-3-9(15)4-6-10/h3-8H,1-2H3,(H,16,17). The van der Waals surface area contributed by atoms with Crippen LogP contribution in [0.25, 0.3) is 0 Å². The number of pyridine rings is 1. The molecule has 0 aliphatic carbocycles. The molecule has 0 aliphatic heterocycles. The van der Waals surface area contributed by atoms with Crippen LogP contribution in [0.4, 0.5) is 15.9 Å². The third kappa shape index (κ3) is 3.08. The maximum atomic E-state index is 12.9. The Kier molecular flexibility index (Phi) is 4.34. The van der Waals surface area contributed by atoms with Crippen molar-refractivity contribution in [2.24, 2.45) is 0 Å². The van der Waals surface area contributed by atoms with Crippen molar-refractivity contribution >= 4 is 33.1 Å². The number of aromatic nitrogens is 1. The van der Waals surface area contributed by atoms with Gasteiger partial charge in [-0.1, -0.05) is 11.6 Å². The normalized spacial score (nSPS) is 11.2. The summed E-state index contributed by atoms with van der Waals surface area (Å²) in [6, 6.07) is 6.46. The Morgan fingerprint density at radius 3 is 2.43 bits per heavy atom. The molecule has 8 heteroatoms. The highest BCUT2D eigenvalue weighted by molar-refractivity contribution is 7.92. The average molecular weight is 330 g/mol. The predicted octanol–water partition coefficient (Wildman–Crippen LogP) is 2.74. The van der Waals surface area contributed by atoms with Crippen molar-refractivity contribution in [3.8, 4) is 0 Å². The molecule has 0 unspecified atom stereocenters. The van der Waals surface area contributed by atoms with E-state index in [-0.39, 0.29) is 9.92 Å². The Balaban J connectivity index is 2.41. The summed E-state index contributed by atoms with van der Waals surface area (Å²) in [5.74, 6) is -0.0484. The van der Waals surface area contributed by atoms with Gasteiger partial charge in [-0.05, 0) is 30.3 Å². The fraction of sp³-hybridized carbons (Fsp3) is 0.154. The number of nitrogens with one attached hydrogen (secondary N) is 1. The van der Waals surface area contributed by atoms with Crippen LogP contribution < -0.4 is 9.62 Å². The van der Waals surface area contributed by atoms with E-state index in [1.54, 1.807) is 7.05 Å². The molecule has 21 heavy (non-hydrogen) atoms. The van der Waals surface area contributed by atoms with E-state index in [1.165, 1.54) is 43.6 Å². The minimum absolute atomic E-state index is 0.0432. The summed E-state index contributed by atoms with van der Waals surface area (Å²) in [7, 11) is -0.807. The number of rotatable bonds is 4. The lowest BCUT2D eigenvalue weighted by Crippen LogP contribution is -2.26. The first-order valence-corrected chi connectivity index (χ1v) is 7.76. The molecule has 0 amide bonds. The molecule has 0 atom stereocenters. The quantitative estimate of drug-likeness (QED) is 0.937. The third-order valence-corrected chi connectivity index (χ3v) is 4.94. The van der Waals surface area contributed by atoms with E-state index in [4.69, 9.17) is 11.6 Å². The number of hydrogen-bond donors (Lipinski definition) is 1. The van der Waals surface area contributed by atoms with Crippen molar-refractivity contribution in [3.05, 3.63) is 47.4 Å². The highest BCUT2D eigenvalue weighted by Gasteiger charge is 2.22. The number of sulfonamides is 1. The molecule has 1 heterocycles. The van der Waals surface area contributed by atoms with E-state index in [9.17, 15) is 12.8 Å². The molecule has 0 bridgehead atoms. The first kappa shape index (κ1) is 15.5. The highest BCUT2D eigenvalue weighted by atomic mass is 35.5. The summed E-state index contributed by atoms with van der Waals surface area (Å²) in [5, 5.41) is 2.95. The van der Waals surface area contributed by atoms with Gasteiger partial charge in [-0.2, -0.15) is 0 Å². The zero-order chi connectivity index (χ0) is 15.6. The summed E-state index contributed by atoms with van der Waals surface area (Å²) in [6.45, 7) is 0. The lowest BCUT2D eigenvalue weighted by atomic mass is 10.3. The van der Waals surface area contributed by atoms with E-state index in [0.717, 1.165) is 4.31 Å². The monoisotopic (exact) mass is 329 g/mol. The Labute approximate surface area is 127 Å². The van der Waals surface area contributed by atoms with Crippen LogP contribution in [-0.4, -0.2) is 27.5 Å². The number of benzene rings is 1. The van der Waals surface area contributed by atoms with E-state index < -0.39 is 15.8 Å². The molecule has 2 aromatic rings. The van der Waals surface area contributed by atoms with Crippen molar-refractivity contribution in [1.82, 2.24) is 4.98 Å². The van der Waals surface area contributed by atoms with Gasteiger partial charge in [0.1, 0.15) is 16.5 Å². The van der Waals surface area contributed by atoms with Gasteiger partial charge in [-0.3, -0.25) is 4.31 Å². The maximum Gasteiger partial charge on any atom is 0.265 e. The Morgan fingerprint density at radius 2 is 1.90 bits per heavy atom. The highest BCUT2D eigenvalue weighted by Crippen LogP contribution is 2.26. The van der Waals surface area contributed by atoms with E-state index in [0.29, 0.717) is 11.5 Å². The van der Waals surface area contributed by atoms with Crippen molar-refractivity contribution < 1.29 is 12.8 Å². The zero-order valence-corrected chi connectivity index (χ0v) is 12.9. The second-order valence-corrected chi connectivity index (χ2v) is 6.58. The van der Waals surface area contributed by atoms with Crippen molar-refractivity contribution in [1.29, 1.82) is 0 Å². The number of halogens is 2. The van der Waals surface area contributed by atoms with Gasteiger partial charge in [-0.25, -0.2) is 17.8 Å². The van der Waals surface area contributed by atoms with Crippen LogP contribution in [0.1, 0.15) is 0 Å². The molecule has 0 spiro atoms. The van der Waals surface area contributed by atoms with Crippen LogP contribution in [0, 0.1) is 5.82 Å². The van der Waals surface area contributed by atoms with Gasteiger partial charge in [-0.15, -0.1) is 0 Å². The van der Waals surface area contributed by atoms with Gasteiger partial charge < -0.3 is 5.32 Å². The molecule has 0 saturated heterocycles. The molecule has 0 fully saturated rings. The van der Waals surface area contributed by atoms with Crippen LogP contribution >= 0.6 is 11.6 Å². The maximum absolute atomic E-state index is 12.9. The smallest absolute Gasteiger partial charge is 0.265 e. The van der Waals surface area contributed by atoms with Gasteiger partial charge in [0.05, 0.1) is 10.7 Å². The minimum atomic E-state index is -3.82. The van der Waals surface area contributed by atoms with Crippen molar-refractivity contribution in [2.45, 2.75) is 4.90 Å². The van der Waals surface area contributed by atoms with E-state index in [1.807, 2.05) is 0 Å². The summed E-state index contributed by atoms with van der Waals surface area (Å²) in [6.07, 6.45) is 1.22. The molecule has 112 valence electrons. The topological polar surface area (TPSA) is 62.3 Å². The van der Waals surface area contributed by atoms with E-state index in [2.05, 4.69) is 10.3 Å². The van der Waals surface area contributed by atoms with Crippen LogP contribution in [0.3, 0.4) is 0 Å².